The summed E-state index contributed by atoms with van der Waals surface area (Å²) < 4.78 is 0. The molecule has 1 atom stereocenters. The predicted octanol–water partition coefficient (Wildman–Crippen LogP) is 6.29. The molecule has 0 saturated heterocycles. The molecular formula is C26H30N2. The van der Waals surface area contributed by atoms with Gasteiger partial charge in [-0.25, -0.2) is 0 Å². The fraction of sp³-hybridized carbons (Fsp3) is 0.346. The first kappa shape index (κ1) is 18.7. The van der Waals surface area contributed by atoms with Crippen LogP contribution in [0.5, 0.6) is 0 Å². The maximum atomic E-state index is 4.76. The summed E-state index contributed by atoms with van der Waals surface area (Å²) in [6.45, 7) is 9.09. The van der Waals surface area contributed by atoms with Crippen LogP contribution in [0.3, 0.4) is 0 Å². The molecule has 0 aliphatic heterocycles. The van der Waals surface area contributed by atoms with E-state index in [2.05, 4.69) is 74.3 Å². The molecule has 1 aromatic heterocycles. The van der Waals surface area contributed by atoms with E-state index in [0.717, 1.165) is 30.8 Å². The molecule has 0 amide bonds. The maximum absolute atomic E-state index is 4.76. The second kappa shape index (κ2) is 7.79. The van der Waals surface area contributed by atoms with Crippen LogP contribution < -0.4 is 5.32 Å². The van der Waals surface area contributed by atoms with Crippen LogP contribution in [0, 0.1) is 0 Å². The first-order valence-electron chi connectivity index (χ1n) is 10.5. The number of nitrogens with one attached hydrogen (secondary N) is 1. The van der Waals surface area contributed by atoms with Gasteiger partial charge in [0.1, 0.15) is 0 Å². The molecule has 2 aliphatic carbocycles. The molecule has 2 heteroatoms. The van der Waals surface area contributed by atoms with Crippen molar-refractivity contribution >= 4 is 5.69 Å². The van der Waals surface area contributed by atoms with Gasteiger partial charge in [0.05, 0.1) is 12.2 Å². The van der Waals surface area contributed by atoms with Crippen LogP contribution in [0.2, 0.25) is 0 Å². The smallest absolute Gasteiger partial charge is 0.0598 e. The first-order valence-corrected chi connectivity index (χ1v) is 10.5. The van der Waals surface area contributed by atoms with Gasteiger partial charge in [-0.05, 0) is 73.9 Å². The van der Waals surface area contributed by atoms with Crippen molar-refractivity contribution in [2.75, 3.05) is 5.32 Å². The fourth-order valence-corrected chi connectivity index (χ4v) is 5.05. The SMILES string of the molecule is C=C/C=C\C1=C(C)[C@@]2(CC1)CCc1cccc(NCc3cccc(CC)n3)c12. The summed E-state index contributed by atoms with van der Waals surface area (Å²) in [7, 11) is 0. The lowest BCUT2D eigenvalue weighted by molar-refractivity contribution is 0.494. The lowest BCUT2D eigenvalue weighted by Crippen LogP contribution is -2.23. The highest BCUT2D eigenvalue weighted by Gasteiger charge is 2.45. The second-order valence-electron chi connectivity index (χ2n) is 7.99. The van der Waals surface area contributed by atoms with Gasteiger partial charge >= 0.3 is 0 Å². The zero-order valence-electron chi connectivity index (χ0n) is 17.1. The highest BCUT2D eigenvalue weighted by molar-refractivity contribution is 5.65. The van der Waals surface area contributed by atoms with Gasteiger partial charge in [-0.2, -0.15) is 0 Å². The van der Waals surface area contributed by atoms with Gasteiger partial charge in [-0.15, -0.1) is 0 Å². The summed E-state index contributed by atoms with van der Waals surface area (Å²) in [5.41, 5.74) is 9.81. The molecule has 4 rings (SSSR count). The molecule has 0 bridgehead atoms. The number of fused-ring (bicyclic) bond motifs is 2. The Labute approximate surface area is 169 Å². The van der Waals surface area contributed by atoms with Gasteiger partial charge in [-0.1, -0.05) is 55.5 Å². The zero-order valence-corrected chi connectivity index (χ0v) is 17.1. The Hall–Kier alpha value is -2.61. The Balaban J connectivity index is 1.66. The van der Waals surface area contributed by atoms with Gasteiger partial charge < -0.3 is 5.32 Å². The monoisotopic (exact) mass is 370 g/mol. The van der Waals surface area contributed by atoms with E-state index < -0.39 is 0 Å². The maximum Gasteiger partial charge on any atom is 0.0598 e. The van der Waals surface area contributed by atoms with Gasteiger partial charge in [0, 0.05) is 16.8 Å². The molecule has 1 N–H and O–H groups in total. The largest absolute Gasteiger partial charge is 0.379 e. The molecule has 28 heavy (non-hydrogen) atoms. The first-order chi connectivity index (χ1) is 13.7. The standard InChI is InChI=1S/C26H30N2/c1-4-6-9-20-14-16-26(19(20)3)17-15-21-10-7-13-24(25(21)26)27-18-23-12-8-11-22(5-2)28-23/h4,6-13,27H,1,5,14-18H2,2-3H3/b9-6-/t26-/m1/s1. The number of allylic oxidation sites excluding steroid dienone is 5. The van der Waals surface area contributed by atoms with Crippen molar-refractivity contribution < 1.29 is 0 Å². The Morgan fingerprint density at radius 2 is 1.89 bits per heavy atom. The number of rotatable bonds is 6. The molecule has 1 heterocycles. The minimum atomic E-state index is 0.193. The number of aryl methyl sites for hydroxylation is 2. The van der Waals surface area contributed by atoms with E-state index in [-0.39, 0.29) is 5.41 Å². The van der Waals surface area contributed by atoms with E-state index in [1.54, 1.807) is 5.57 Å². The third-order valence-electron chi connectivity index (χ3n) is 6.59. The highest BCUT2D eigenvalue weighted by Crippen LogP contribution is 2.55. The predicted molar refractivity (Wildman–Crippen MR) is 119 cm³/mol. The van der Waals surface area contributed by atoms with Gasteiger partial charge in [-0.3, -0.25) is 4.98 Å². The quantitative estimate of drug-likeness (QED) is 0.604. The summed E-state index contributed by atoms with van der Waals surface area (Å²) in [6.07, 6.45) is 11.9. The topological polar surface area (TPSA) is 24.9 Å². The van der Waals surface area contributed by atoms with E-state index >= 15 is 0 Å². The lowest BCUT2D eigenvalue weighted by Gasteiger charge is -2.30. The van der Waals surface area contributed by atoms with Crippen molar-refractivity contribution in [1.29, 1.82) is 0 Å². The van der Waals surface area contributed by atoms with E-state index in [1.807, 2.05) is 6.08 Å². The minimum Gasteiger partial charge on any atom is -0.379 e. The fourth-order valence-electron chi connectivity index (χ4n) is 5.05. The highest BCUT2D eigenvalue weighted by atomic mass is 14.9. The summed E-state index contributed by atoms with van der Waals surface area (Å²) in [5, 5.41) is 3.72. The van der Waals surface area contributed by atoms with E-state index in [9.17, 15) is 0 Å². The molecular weight excluding hydrogens is 340 g/mol. The van der Waals surface area contributed by atoms with Crippen LogP contribution >= 0.6 is 0 Å². The normalized spacial score (nSPS) is 20.9. The van der Waals surface area contributed by atoms with Crippen molar-refractivity contribution in [3.05, 3.63) is 94.9 Å². The average molecular weight is 371 g/mol. The van der Waals surface area contributed by atoms with Crippen molar-refractivity contribution in [3.63, 3.8) is 0 Å². The van der Waals surface area contributed by atoms with Gasteiger partial charge in [0.25, 0.3) is 0 Å². The summed E-state index contributed by atoms with van der Waals surface area (Å²) in [4.78, 5) is 4.76. The zero-order chi connectivity index (χ0) is 19.6. The number of benzene rings is 1. The number of anilines is 1. The van der Waals surface area contributed by atoms with Crippen LogP contribution in [0.15, 0.2) is 72.4 Å². The number of pyridine rings is 1. The Bertz CT molecular complexity index is 951. The molecule has 0 radical (unpaired) electrons. The van der Waals surface area contributed by atoms with Crippen LogP contribution in [-0.2, 0) is 24.8 Å². The van der Waals surface area contributed by atoms with Crippen LogP contribution in [0.4, 0.5) is 5.69 Å². The second-order valence-corrected chi connectivity index (χ2v) is 7.99. The number of nitrogens with zero attached hydrogens (tertiary/aromatic N) is 1. The molecule has 1 aromatic carbocycles. The third kappa shape index (κ3) is 3.22. The Morgan fingerprint density at radius 1 is 1.11 bits per heavy atom. The lowest BCUT2D eigenvalue weighted by atomic mass is 9.75. The Kier molecular flexibility index (Phi) is 5.21. The van der Waals surface area contributed by atoms with Crippen molar-refractivity contribution in [1.82, 2.24) is 4.98 Å². The van der Waals surface area contributed by atoms with Crippen molar-refractivity contribution in [3.8, 4) is 0 Å². The van der Waals surface area contributed by atoms with E-state index in [0.29, 0.717) is 0 Å². The minimum absolute atomic E-state index is 0.193. The van der Waals surface area contributed by atoms with Crippen LogP contribution in [-0.4, -0.2) is 4.98 Å². The molecule has 0 saturated carbocycles. The summed E-state index contributed by atoms with van der Waals surface area (Å²) in [6, 6.07) is 13.1. The van der Waals surface area contributed by atoms with Crippen LogP contribution in [0.1, 0.15) is 55.6 Å². The molecule has 0 fully saturated rings. The Morgan fingerprint density at radius 3 is 2.71 bits per heavy atom. The molecule has 2 aromatic rings. The average Bonchev–Trinajstić information content (AvgIpc) is 3.27. The van der Waals surface area contributed by atoms with E-state index in [4.69, 9.17) is 4.98 Å². The number of hydrogen-bond acceptors (Lipinski definition) is 2. The molecule has 2 nitrogen and oxygen atoms in total. The molecule has 0 unspecified atom stereocenters. The summed E-state index contributed by atoms with van der Waals surface area (Å²) >= 11 is 0. The molecule has 144 valence electrons. The molecule has 1 spiro atoms. The van der Waals surface area contributed by atoms with Gasteiger partial charge in [0.15, 0.2) is 0 Å². The third-order valence-corrected chi connectivity index (χ3v) is 6.59. The number of aromatic nitrogens is 1. The van der Waals surface area contributed by atoms with Crippen molar-refractivity contribution in [2.24, 2.45) is 0 Å². The van der Waals surface area contributed by atoms with Gasteiger partial charge in [0.2, 0.25) is 0 Å². The summed E-state index contributed by atoms with van der Waals surface area (Å²) in [5.74, 6) is 0. The van der Waals surface area contributed by atoms with E-state index in [1.165, 1.54) is 41.6 Å². The van der Waals surface area contributed by atoms with Crippen molar-refractivity contribution in [2.45, 2.75) is 57.9 Å². The number of hydrogen-bond donors (Lipinski definition) is 1. The van der Waals surface area contributed by atoms with Crippen LogP contribution in [0.25, 0.3) is 0 Å². The molecule has 2 aliphatic rings.